The molecule has 6 heteroatoms. The van der Waals surface area contributed by atoms with Gasteiger partial charge in [-0.05, 0) is 0 Å². The molecule has 0 aliphatic heterocycles. The fourth-order valence-corrected chi connectivity index (χ4v) is 9.04. The second kappa shape index (κ2) is 29.9. The first-order chi connectivity index (χ1) is 34.9. The second-order valence-corrected chi connectivity index (χ2v) is 37.3. The average molecular weight is 1190 g/mol. The Hall–Kier alpha value is -5.02. The molecule has 0 nitrogen and oxygen atoms in total. The Morgan fingerprint density at radius 3 is 0.608 bits per heavy atom. The normalized spacial score (nSPS) is 10.1. The van der Waals surface area contributed by atoms with Gasteiger partial charge in [0.25, 0.3) is 0 Å². The van der Waals surface area contributed by atoms with Crippen molar-refractivity contribution in [2.24, 2.45) is 0 Å². The standard InChI is InChI=1S/4C16H13.2C2H6Si.2ClH.2Zr/c4*1-12-6-2-4-8-14(12)16-11-10-13-7-3-5-9-15(13)16;2*1-3-2;;;;/h4*2-11H,1H3;2*1-2H3;2*1H;;/q4*-1;;;;;2*+2/p-2. The monoisotopic (exact) mass is 1190 g/mol. The molecule has 0 N–H and O–H groups in total. The quantitative estimate of drug-likeness (QED) is 0.122. The molecule has 0 heterocycles. The summed E-state index contributed by atoms with van der Waals surface area (Å²) in [5, 5.41) is 10.7. The zero-order valence-electron chi connectivity index (χ0n) is 43.8. The summed E-state index contributed by atoms with van der Waals surface area (Å²) in [5.74, 6) is 0. The third-order valence-electron chi connectivity index (χ3n) is 12.5. The smallest absolute Gasteiger partial charge is 0.0626 e. The Morgan fingerprint density at radius 2 is 0.419 bits per heavy atom. The molecule has 74 heavy (non-hydrogen) atoms. The summed E-state index contributed by atoms with van der Waals surface area (Å²) in [6.07, 6.45) is 0. The Morgan fingerprint density at radius 1 is 0.257 bits per heavy atom. The SMILES string of the molecule is C[Si](C)=[Zr+2].C[Si](C)=[Zr+2].Cc1ccccc1-[c-]1ccc2ccccc21.Cc1ccccc1-[c-]1ccc2ccccc21.Cc1ccccc1-[c-]1ccc2ccccc21.Cc1ccccc1-[c-]1ccc2ccccc21.[Cl-].[Cl-]. The molecular formula is C68H64Cl2Si2Zr2-2. The van der Waals surface area contributed by atoms with Gasteiger partial charge in [0.1, 0.15) is 0 Å². The number of fused-ring (bicyclic) bond motifs is 4. The van der Waals surface area contributed by atoms with Gasteiger partial charge < -0.3 is 24.8 Å². The Bertz CT molecular complexity index is 3210. The van der Waals surface area contributed by atoms with Crippen molar-refractivity contribution in [3.8, 4) is 44.5 Å². The van der Waals surface area contributed by atoms with Gasteiger partial charge in [0, 0.05) is 0 Å². The van der Waals surface area contributed by atoms with E-state index in [0.717, 1.165) is 0 Å². The van der Waals surface area contributed by atoms with E-state index in [2.05, 4.69) is 297 Å². The summed E-state index contributed by atoms with van der Waals surface area (Å²) in [4.78, 5) is 0. The maximum absolute atomic E-state index is 2.31. The minimum atomic E-state index is 0. The zero-order valence-corrected chi connectivity index (χ0v) is 52.3. The van der Waals surface area contributed by atoms with Crippen LogP contribution in [0, 0.1) is 27.7 Å². The number of benzene rings is 8. The Balaban J connectivity index is 0.000000173. The summed E-state index contributed by atoms with van der Waals surface area (Å²) in [6.45, 7) is 17.9. The summed E-state index contributed by atoms with van der Waals surface area (Å²) >= 11 is 3.48. The van der Waals surface area contributed by atoms with E-state index < -0.39 is 0 Å². The number of halogens is 2. The van der Waals surface area contributed by atoms with Crippen LogP contribution in [0.1, 0.15) is 22.3 Å². The molecule has 0 unspecified atom stereocenters. The van der Waals surface area contributed by atoms with E-state index in [-0.39, 0.29) is 35.7 Å². The zero-order chi connectivity index (χ0) is 51.0. The maximum atomic E-state index is 2.31. The first kappa shape index (κ1) is 59.9. The molecule has 0 aliphatic carbocycles. The molecule has 0 amide bonds. The minimum Gasteiger partial charge on any atom is -1.00 e. The maximum Gasteiger partial charge on any atom is -0.0626 e. The molecule has 0 radical (unpaired) electrons. The van der Waals surface area contributed by atoms with Crippen LogP contribution in [0.25, 0.3) is 87.6 Å². The van der Waals surface area contributed by atoms with Crippen LogP contribution in [0.5, 0.6) is 0 Å². The van der Waals surface area contributed by atoms with Gasteiger partial charge in [-0.3, -0.25) is 0 Å². The average Bonchev–Trinajstić information content (AvgIpc) is 4.21. The molecule has 12 aromatic rings. The van der Waals surface area contributed by atoms with Crippen LogP contribution in [-0.2, 0) is 46.7 Å². The fourth-order valence-electron chi connectivity index (χ4n) is 9.04. The molecule has 0 aromatic heterocycles. The number of rotatable bonds is 4. The first-order valence-electron chi connectivity index (χ1n) is 24.8. The van der Waals surface area contributed by atoms with Crippen molar-refractivity contribution in [3.05, 3.63) is 265 Å². The van der Waals surface area contributed by atoms with Crippen LogP contribution < -0.4 is 24.8 Å². The molecule has 368 valence electrons. The topological polar surface area (TPSA) is 0 Å². The van der Waals surface area contributed by atoms with Crippen molar-refractivity contribution in [1.29, 1.82) is 0 Å². The molecule has 12 rings (SSSR count). The van der Waals surface area contributed by atoms with Crippen molar-refractivity contribution in [1.82, 2.24) is 0 Å². The van der Waals surface area contributed by atoms with E-state index in [1.165, 1.54) is 110 Å². The second-order valence-electron chi connectivity index (χ2n) is 18.6. The van der Waals surface area contributed by atoms with Gasteiger partial charge in [-0.1, -0.05) is 283 Å². The molecule has 0 aliphatic rings. The van der Waals surface area contributed by atoms with Crippen LogP contribution in [0.3, 0.4) is 0 Å². The number of hydrogen-bond donors (Lipinski definition) is 0. The molecule has 12 aromatic carbocycles. The summed E-state index contributed by atoms with van der Waals surface area (Å²) in [5.41, 5.74) is 16.5. The largest absolute Gasteiger partial charge is 1.00 e. The summed E-state index contributed by atoms with van der Waals surface area (Å²) in [7, 11) is 0. The Labute approximate surface area is 484 Å². The van der Waals surface area contributed by atoms with E-state index >= 15 is 0 Å². The third-order valence-corrected chi connectivity index (χ3v) is 12.5. The molecule has 0 fully saturated rings. The van der Waals surface area contributed by atoms with Crippen LogP contribution in [0.2, 0.25) is 26.2 Å². The van der Waals surface area contributed by atoms with E-state index in [1.54, 1.807) is 46.7 Å². The van der Waals surface area contributed by atoms with Crippen LogP contribution >= 0.6 is 0 Å². The fraction of sp³-hybridized carbons (Fsp3) is 0.118. The van der Waals surface area contributed by atoms with Gasteiger partial charge in [0.2, 0.25) is 0 Å². The third kappa shape index (κ3) is 16.0. The molecule has 0 spiro atoms. The van der Waals surface area contributed by atoms with Crippen LogP contribution in [0.15, 0.2) is 243 Å². The van der Waals surface area contributed by atoms with Crippen molar-refractivity contribution in [3.63, 3.8) is 0 Å². The molecule has 0 saturated heterocycles. The minimum absolute atomic E-state index is 0. The van der Waals surface area contributed by atoms with Gasteiger partial charge in [-0.25, -0.2) is 0 Å². The predicted molar refractivity (Wildman–Crippen MR) is 314 cm³/mol. The molecular weight excluding hydrogens is 1130 g/mol. The van der Waals surface area contributed by atoms with Crippen LogP contribution in [0.4, 0.5) is 0 Å². The van der Waals surface area contributed by atoms with Gasteiger partial charge in [-0.2, -0.15) is 0 Å². The molecule has 0 atom stereocenters. The Kier molecular flexibility index (Phi) is 24.2. The van der Waals surface area contributed by atoms with Gasteiger partial charge >= 0.3 is 83.7 Å². The van der Waals surface area contributed by atoms with Gasteiger partial charge in [0.05, 0.1) is 0 Å². The molecule has 0 bridgehead atoms. The first-order valence-corrected chi connectivity index (χ1v) is 37.1. The van der Waals surface area contributed by atoms with E-state index in [0.29, 0.717) is 0 Å². The number of aryl methyl sites for hydroxylation is 4. The van der Waals surface area contributed by atoms with E-state index in [4.69, 9.17) is 0 Å². The summed E-state index contributed by atoms with van der Waals surface area (Å²) < 4.78 is 0. The number of hydrogen-bond acceptors (Lipinski definition) is 0. The van der Waals surface area contributed by atoms with Gasteiger partial charge in [0.15, 0.2) is 0 Å². The van der Waals surface area contributed by atoms with E-state index in [9.17, 15) is 0 Å². The molecule has 0 saturated carbocycles. The van der Waals surface area contributed by atoms with Crippen molar-refractivity contribution >= 4 is 54.0 Å². The van der Waals surface area contributed by atoms with Crippen molar-refractivity contribution in [2.75, 3.05) is 0 Å². The van der Waals surface area contributed by atoms with E-state index in [1.807, 2.05) is 0 Å². The predicted octanol–water partition coefficient (Wildman–Crippen LogP) is 13.7. The van der Waals surface area contributed by atoms with Gasteiger partial charge in [-0.15, -0.1) is 97.1 Å². The van der Waals surface area contributed by atoms with Crippen LogP contribution in [-0.4, -0.2) is 10.9 Å². The van der Waals surface area contributed by atoms with Crippen molar-refractivity contribution < 1.29 is 71.5 Å². The summed E-state index contributed by atoms with van der Waals surface area (Å²) in [6, 6.07) is 86.0. The van der Waals surface area contributed by atoms with Crippen molar-refractivity contribution in [2.45, 2.75) is 53.9 Å².